The van der Waals surface area contributed by atoms with Crippen molar-refractivity contribution in [2.45, 2.75) is 59.3 Å². The van der Waals surface area contributed by atoms with Gasteiger partial charge < -0.3 is 0 Å². The van der Waals surface area contributed by atoms with Crippen LogP contribution < -0.4 is 0 Å². The summed E-state index contributed by atoms with van der Waals surface area (Å²) in [6, 6.07) is 4.39. The van der Waals surface area contributed by atoms with E-state index < -0.39 is 17.4 Å². The predicted molar refractivity (Wildman–Crippen MR) is 75.3 cm³/mol. The first-order valence-corrected chi connectivity index (χ1v) is 7.08. The topological polar surface area (TPSA) is 0 Å². The minimum atomic E-state index is -4.37. The largest absolute Gasteiger partial charge is 0.416 e. The molecule has 0 nitrogen and oxygen atoms in total. The van der Waals surface area contributed by atoms with Gasteiger partial charge in [0, 0.05) is 0 Å². The average Bonchev–Trinajstić information content (AvgIpc) is 2.40. The van der Waals surface area contributed by atoms with Gasteiger partial charge in [0.25, 0.3) is 0 Å². The fourth-order valence-corrected chi connectivity index (χ4v) is 2.07. The average molecular weight is 292 g/mol. The number of hydrogen-bond acceptors (Lipinski definition) is 0. The highest BCUT2D eigenvalue weighted by Crippen LogP contribution is 2.39. The van der Waals surface area contributed by atoms with Gasteiger partial charge in [-0.2, -0.15) is 13.2 Å². The SMILES string of the molecule is CC.CCCC(F)(c1ccc(C(F)(F)F)cc1)C(C)C. The van der Waals surface area contributed by atoms with E-state index in [9.17, 15) is 17.6 Å². The van der Waals surface area contributed by atoms with Gasteiger partial charge in [0.2, 0.25) is 0 Å². The first-order chi connectivity index (χ1) is 9.21. The van der Waals surface area contributed by atoms with Crippen molar-refractivity contribution in [2.24, 2.45) is 5.92 Å². The lowest BCUT2D eigenvalue weighted by atomic mass is 9.81. The lowest BCUT2D eigenvalue weighted by Crippen LogP contribution is -2.27. The van der Waals surface area contributed by atoms with Crippen molar-refractivity contribution in [3.05, 3.63) is 35.4 Å². The van der Waals surface area contributed by atoms with Gasteiger partial charge in [0.05, 0.1) is 5.56 Å². The molecule has 1 aromatic rings. The zero-order valence-corrected chi connectivity index (χ0v) is 12.8. The Labute approximate surface area is 119 Å². The zero-order chi connectivity index (χ0) is 16.0. The molecule has 0 aliphatic rings. The van der Waals surface area contributed by atoms with Crippen LogP contribution in [0.5, 0.6) is 0 Å². The van der Waals surface area contributed by atoms with Crippen LogP contribution in [0, 0.1) is 5.92 Å². The van der Waals surface area contributed by atoms with Gasteiger partial charge in [-0.1, -0.05) is 53.2 Å². The molecule has 0 amide bonds. The third-order valence-electron chi connectivity index (χ3n) is 3.22. The second-order valence-electron chi connectivity index (χ2n) is 4.84. The monoisotopic (exact) mass is 292 g/mol. The molecule has 0 aliphatic heterocycles. The maximum absolute atomic E-state index is 14.8. The van der Waals surface area contributed by atoms with Crippen molar-refractivity contribution in [2.75, 3.05) is 0 Å². The highest BCUT2D eigenvalue weighted by Gasteiger charge is 2.36. The Balaban J connectivity index is 0.00000172. The summed E-state index contributed by atoms with van der Waals surface area (Å²) in [4.78, 5) is 0. The number of halogens is 4. The second kappa shape index (κ2) is 7.65. The Hall–Kier alpha value is -1.06. The van der Waals surface area contributed by atoms with E-state index in [4.69, 9.17) is 0 Å². The first-order valence-electron chi connectivity index (χ1n) is 7.08. The summed E-state index contributed by atoms with van der Waals surface area (Å²) in [5.41, 5.74) is -1.97. The van der Waals surface area contributed by atoms with Crippen LogP contribution in [0.4, 0.5) is 17.6 Å². The number of benzene rings is 1. The van der Waals surface area contributed by atoms with E-state index in [1.165, 1.54) is 12.1 Å². The number of hydrogen-bond donors (Lipinski definition) is 0. The Morgan fingerprint density at radius 2 is 1.30 bits per heavy atom. The molecule has 0 N–H and O–H groups in total. The van der Waals surface area contributed by atoms with Crippen LogP contribution in [0.3, 0.4) is 0 Å². The quantitative estimate of drug-likeness (QED) is 0.567. The standard InChI is InChI=1S/C14H18F4.C2H6/c1-4-9-13(15,10(2)3)11-5-7-12(8-6-11)14(16,17)18;1-2/h5-8,10H,4,9H2,1-3H3;1-2H3. The second-order valence-corrected chi connectivity index (χ2v) is 4.84. The molecule has 1 rings (SSSR count). The number of rotatable bonds is 4. The zero-order valence-electron chi connectivity index (χ0n) is 12.8. The van der Waals surface area contributed by atoms with Crippen LogP contribution in [-0.2, 0) is 11.8 Å². The Morgan fingerprint density at radius 3 is 1.60 bits per heavy atom. The van der Waals surface area contributed by atoms with Gasteiger partial charge in [-0.15, -0.1) is 0 Å². The molecule has 0 fully saturated rings. The van der Waals surface area contributed by atoms with Gasteiger partial charge >= 0.3 is 6.18 Å². The van der Waals surface area contributed by atoms with Crippen molar-refractivity contribution in [1.29, 1.82) is 0 Å². The Morgan fingerprint density at radius 1 is 0.900 bits per heavy atom. The summed E-state index contributed by atoms with van der Waals surface area (Å²) in [6.07, 6.45) is -3.41. The molecule has 1 atom stereocenters. The van der Waals surface area contributed by atoms with E-state index >= 15 is 0 Å². The summed E-state index contributed by atoms with van der Waals surface area (Å²) in [5, 5.41) is 0. The molecule has 0 aliphatic carbocycles. The first kappa shape index (κ1) is 18.9. The fourth-order valence-electron chi connectivity index (χ4n) is 2.07. The lowest BCUT2D eigenvalue weighted by Gasteiger charge is -2.30. The summed E-state index contributed by atoms with van der Waals surface area (Å²) < 4.78 is 52.1. The van der Waals surface area contributed by atoms with Crippen LogP contribution in [0.2, 0.25) is 0 Å². The normalized spacial score (nSPS) is 14.5. The molecule has 20 heavy (non-hydrogen) atoms. The van der Waals surface area contributed by atoms with E-state index in [-0.39, 0.29) is 5.92 Å². The highest BCUT2D eigenvalue weighted by atomic mass is 19.4. The molecule has 1 unspecified atom stereocenters. The maximum Gasteiger partial charge on any atom is 0.416 e. The van der Waals surface area contributed by atoms with E-state index in [2.05, 4.69) is 0 Å². The van der Waals surface area contributed by atoms with Crippen LogP contribution in [0.15, 0.2) is 24.3 Å². The molecule has 0 saturated carbocycles. The molecule has 0 heterocycles. The third kappa shape index (κ3) is 4.50. The fraction of sp³-hybridized carbons (Fsp3) is 0.625. The van der Waals surface area contributed by atoms with E-state index in [0.29, 0.717) is 18.4 Å². The molecule has 4 heteroatoms. The van der Waals surface area contributed by atoms with Crippen LogP contribution in [-0.4, -0.2) is 0 Å². The van der Waals surface area contributed by atoms with E-state index in [1.807, 2.05) is 20.8 Å². The third-order valence-corrected chi connectivity index (χ3v) is 3.22. The van der Waals surface area contributed by atoms with Gasteiger partial charge in [-0.05, 0) is 30.0 Å². The smallest absolute Gasteiger partial charge is 0.238 e. The maximum atomic E-state index is 14.8. The van der Waals surface area contributed by atoms with Crippen molar-refractivity contribution < 1.29 is 17.6 Å². The van der Waals surface area contributed by atoms with Gasteiger partial charge in [-0.25, -0.2) is 4.39 Å². The molecular weight excluding hydrogens is 268 g/mol. The van der Waals surface area contributed by atoms with Crippen LogP contribution in [0.1, 0.15) is 58.6 Å². The molecule has 0 spiro atoms. The summed E-state index contributed by atoms with van der Waals surface area (Å²) in [5.74, 6) is -0.269. The van der Waals surface area contributed by atoms with Crippen molar-refractivity contribution in [1.82, 2.24) is 0 Å². The predicted octanol–water partition coefficient (Wildman–Crippen LogP) is 6.35. The molecule has 0 bridgehead atoms. The lowest BCUT2D eigenvalue weighted by molar-refractivity contribution is -0.137. The Kier molecular flexibility index (Phi) is 7.25. The molecule has 0 radical (unpaired) electrons. The summed E-state index contributed by atoms with van der Waals surface area (Å²) in [6.45, 7) is 9.35. The van der Waals surface area contributed by atoms with Crippen molar-refractivity contribution in [3.63, 3.8) is 0 Å². The molecule has 0 aromatic heterocycles. The molecule has 1 aromatic carbocycles. The minimum Gasteiger partial charge on any atom is -0.238 e. The summed E-state index contributed by atoms with van der Waals surface area (Å²) >= 11 is 0. The molecule has 116 valence electrons. The van der Waals surface area contributed by atoms with Gasteiger partial charge in [-0.3, -0.25) is 0 Å². The number of alkyl halides is 4. The van der Waals surface area contributed by atoms with Crippen LogP contribution in [0.25, 0.3) is 0 Å². The van der Waals surface area contributed by atoms with Crippen molar-refractivity contribution >= 4 is 0 Å². The van der Waals surface area contributed by atoms with Gasteiger partial charge in [0.15, 0.2) is 0 Å². The van der Waals surface area contributed by atoms with Crippen LogP contribution >= 0.6 is 0 Å². The molecular formula is C16H24F4. The van der Waals surface area contributed by atoms with Crippen molar-refractivity contribution in [3.8, 4) is 0 Å². The summed E-state index contributed by atoms with van der Waals surface area (Å²) in [7, 11) is 0. The highest BCUT2D eigenvalue weighted by molar-refractivity contribution is 5.29. The minimum absolute atomic E-state index is 0.269. The van der Waals surface area contributed by atoms with Gasteiger partial charge in [0.1, 0.15) is 5.67 Å². The molecule has 0 saturated heterocycles. The van der Waals surface area contributed by atoms with E-state index in [0.717, 1.165) is 12.1 Å². The van der Waals surface area contributed by atoms with E-state index in [1.54, 1.807) is 13.8 Å². The Bertz CT molecular complexity index is 378.